The molecule has 2 rings (SSSR count). The van der Waals surface area contributed by atoms with Crippen LogP contribution in [-0.2, 0) is 22.7 Å². The highest BCUT2D eigenvalue weighted by atomic mass is 16.3. The van der Waals surface area contributed by atoms with Crippen LogP contribution in [0.15, 0.2) is 24.3 Å². The number of nitrogens with zero attached hydrogens (tertiary/aromatic N) is 1. The maximum Gasteiger partial charge on any atom is 0.229 e. The summed E-state index contributed by atoms with van der Waals surface area (Å²) in [4.78, 5) is 24.1. The van der Waals surface area contributed by atoms with E-state index in [2.05, 4.69) is 0 Å². The maximum atomic E-state index is 11.4. The number of aliphatic hydroxyl groups is 1. The molecule has 1 aliphatic heterocycles. The van der Waals surface area contributed by atoms with Gasteiger partial charge in [0.05, 0.1) is 13.2 Å². The Labute approximate surface area is 93.5 Å². The van der Waals surface area contributed by atoms with Crippen LogP contribution in [0.4, 0.5) is 0 Å². The Morgan fingerprint density at radius 2 is 1.75 bits per heavy atom. The number of imide groups is 1. The highest BCUT2D eigenvalue weighted by Crippen LogP contribution is 2.16. The minimum Gasteiger partial charge on any atom is -0.392 e. The van der Waals surface area contributed by atoms with E-state index in [-0.39, 0.29) is 18.4 Å². The standard InChI is InChI=1S/C12H13NO3/c14-8-10-3-1-2-9(6-10)7-13-11(15)4-5-12(13)16/h1-3,6,14H,4-5,7-8H2. The number of rotatable bonds is 3. The van der Waals surface area contributed by atoms with E-state index < -0.39 is 0 Å². The summed E-state index contributed by atoms with van der Waals surface area (Å²) in [5, 5.41) is 8.98. The van der Waals surface area contributed by atoms with Crippen molar-refractivity contribution in [2.75, 3.05) is 0 Å². The molecule has 0 spiro atoms. The van der Waals surface area contributed by atoms with E-state index >= 15 is 0 Å². The molecular weight excluding hydrogens is 206 g/mol. The first-order valence-corrected chi connectivity index (χ1v) is 5.22. The average Bonchev–Trinajstić information content (AvgIpc) is 2.61. The predicted octanol–water partition coefficient (Wildman–Crippen LogP) is 0.828. The van der Waals surface area contributed by atoms with Crippen LogP contribution in [0.3, 0.4) is 0 Å². The minimum absolute atomic E-state index is 0.0320. The van der Waals surface area contributed by atoms with Crippen molar-refractivity contribution in [1.29, 1.82) is 0 Å². The van der Waals surface area contributed by atoms with E-state index in [1.165, 1.54) is 4.90 Å². The lowest BCUT2D eigenvalue weighted by Gasteiger charge is -2.14. The van der Waals surface area contributed by atoms with Crippen molar-refractivity contribution in [3.63, 3.8) is 0 Å². The number of carbonyl (C=O) groups excluding carboxylic acids is 2. The van der Waals surface area contributed by atoms with Crippen LogP contribution in [0.2, 0.25) is 0 Å². The molecule has 1 heterocycles. The summed E-state index contributed by atoms with van der Waals surface area (Å²) < 4.78 is 0. The fraction of sp³-hybridized carbons (Fsp3) is 0.333. The third-order valence-corrected chi connectivity index (χ3v) is 2.67. The fourth-order valence-corrected chi connectivity index (χ4v) is 1.81. The second kappa shape index (κ2) is 4.45. The minimum atomic E-state index is -0.112. The number of hydrogen-bond donors (Lipinski definition) is 1. The van der Waals surface area contributed by atoms with E-state index in [0.717, 1.165) is 11.1 Å². The molecule has 84 valence electrons. The van der Waals surface area contributed by atoms with Crippen LogP contribution in [-0.4, -0.2) is 21.8 Å². The van der Waals surface area contributed by atoms with Crippen molar-refractivity contribution in [3.05, 3.63) is 35.4 Å². The van der Waals surface area contributed by atoms with Crippen LogP contribution in [0.5, 0.6) is 0 Å². The molecule has 0 bridgehead atoms. The molecule has 0 saturated carbocycles. The van der Waals surface area contributed by atoms with Crippen LogP contribution in [0.25, 0.3) is 0 Å². The molecule has 0 radical (unpaired) electrons. The summed E-state index contributed by atoms with van der Waals surface area (Å²) in [5.41, 5.74) is 1.66. The van der Waals surface area contributed by atoms with Gasteiger partial charge in [0, 0.05) is 12.8 Å². The summed E-state index contributed by atoms with van der Waals surface area (Å²) in [6.07, 6.45) is 0.636. The van der Waals surface area contributed by atoms with E-state index in [1.807, 2.05) is 12.1 Å². The second-order valence-corrected chi connectivity index (χ2v) is 3.85. The van der Waals surface area contributed by atoms with Crippen molar-refractivity contribution in [2.45, 2.75) is 26.0 Å². The van der Waals surface area contributed by atoms with Crippen molar-refractivity contribution < 1.29 is 14.7 Å². The van der Waals surface area contributed by atoms with Crippen LogP contribution in [0, 0.1) is 0 Å². The Morgan fingerprint density at radius 1 is 1.12 bits per heavy atom. The number of carbonyl (C=O) groups is 2. The Balaban J connectivity index is 2.14. The van der Waals surface area contributed by atoms with Crippen molar-refractivity contribution in [1.82, 2.24) is 4.90 Å². The van der Waals surface area contributed by atoms with Gasteiger partial charge < -0.3 is 5.11 Å². The van der Waals surface area contributed by atoms with Gasteiger partial charge in [-0.15, -0.1) is 0 Å². The fourth-order valence-electron chi connectivity index (χ4n) is 1.81. The lowest BCUT2D eigenvalue weighted by Crippen LogP contribution is -2.28. The molecule has 4 heteroatoms. The van der Waals surface area contributed by atoms with Crippen LogP contribution >= 0.6 is 0 Å². The van der Waals surface area contributed by atoms with Gasteiger partial charge >= 0.3 is 0 Å². The summed E-state index contributed by atoms with van der Waals surface area (Å²) in [6, 6.07) is 7.26. The van der Waals surface area contributed by atoms with Gasteiger partial charge in [-0.2, -0.15) is 0 Å². The zero-order valence-corrected chi connectivity index (χ0v) is 8.85. The second-order valence-electron chi connectivity index (χ2n) is 3.85. The number of hydrogen-bond acceptors (Lipinski definition) is 3. The Morgan fingerprint density at radius 3 is 2.38 bits per heavy atom. The van der Waals surface area contributed by atoms with Gasteiger partial charge in [0.25, 0.3) is 0 Å². The van der Waals surface area contributed by atoms with Crippen molar-refractivity contribution >= 4 is 11.8 Å². The summed E-state index contributed by atoms with van der Waals surface area (Å²) in [5.74, 6) is -0.223. The summed E-state index contributed by atoms with van der Waals surface area (Å²) in [7, 11) is 0. The molecule has 1 saturated heterocycles. The quantitative estimate of drug-likeness (QED) is 0.766. The molecule has 4 nitrogen and oxygen atoms in total. The molecule has 1 aromatic rings. The Kier molecular flexibility index (Phi) is 3.01. The van der Waals surface area contributed by atoms with Crippen molar-refractivity contribution in [3.8, 4) is 0 Å². The zero-order valence-electron chi connectivity index (χ0n) is 8.85. The van der Waals surface area contributed by atoms with Gasteiger partial charge in [-0.3, -0.25) is 14.5 Å². The first-order valence-electron chi connectivity index (χ1n) is 5.22. The smallest absolute Gasteiger partial charge is 0.229 e. The predicted molar refractivity (Wildman–Crippen MR) is 57.2 cm³/mol. The SMILES string of the molecule is O=C1CCC(=O)N1Cc1cccc(CO)c1. The number of likely N-dealkylation sites (tertiary alicyclic amines) is 1. The molecule has 1 aliphatic rings. The molecule has 16 heavy (non-hydrogen) atoms. The summed E-state index contributed by atoms with van der Waals surface area (Å²) >= 11 is 0. The summed E-state index contributed by atoms with van der Waals surface area (Å²) in [6.45, 7) is 0.279. The lowest BCUT2D eigenvalue weighted by atomic mass is 10.1. The van der Waals surface area contributed by atoms with E-state index in [9.17, 15) is 9.59 Å². The van der Waals surface area contributed by atoms with Gasteiger partial charge in [0.1, 0.15) is 0 Å². The van der Waals surface area contributed by atoms with Gasteiger partial charge in [-0.1, -0.05) is 24.3 Å². The van der Waals surface area contributed by atoms with E-state index in [4.69, 9.17) is 5.11 Å². The van der Waals surface area contributed by atoms with Gasteiger partial charge in [-0.05, 0) is 11.1 Å². The molecule has 0 aliphatic carbocycles. The molecular formula is C12H13NO3. The van der Waals surface area contributed by atoms with E-state index in [0.29, 0.717) is 19.4 Å². The monoisotopic (exact) mass is 219 g/mol. The van der Waals surface area contributed by atoms with Gasteiger partial charge in [-0.25, -0.2) is 0 Å². The number of benzene rings is 1. The Hall–Kier alpha value is -1.68. The van der Waals surface area contributed by atoms with Crippen LogP contribution in [0.1, 0.15) is 24.0 Å². The zero-order chi connectivity index (χ0) is 11.5. The molecule has 2 amide bonds. The highest BCUT2D eigenvalue weighted by molar-refractivity contribution is 6.01. The molecule has 0 atom stereocenters. The lowest BCUT2D eigenvalue weighted by molar-refractivity contribution is -0.139. The van der Waals surface area contributed by atoms with E-state index in [1.54, 1.807) is 12.1 Å². The maximum absolute atomic E-state index is 11.4. The highest BCUT2D eigenvalue weighted by Gasteiger charge is 2.28. The van der Waals surface area contributed by atoms with Gasteiger partial charge in [0.15, 0.2) is 0 Å². The first-order chi connectivity index (χ1) is 7.70. The van der Waals surface area contributed by atoms with Crippen molar-refractivity contribution in [2.24, 2.45) is 0 Å². The van der Waals surface area contributed by atoms with Crippen LogP contribution < -0.4 is 0 Å². The topological polar surface area (TPSA) is 57.6 Å². The third kappa shape index (κ3) is 2.12. The molecule has 1 fully saturated rings. The molecule has 1 N–H and O–H groups in total. The Bertz CT molecular complexity index is 412. The molecule has 0 unspecified atom stereocenters. The third-order valence-electron chi connectivity index (χ3n) is 2.67. The van der Waals surface area contributed by atoms with Gasteiger partial charge in [0.2, 0.25) is 11.8 Å². The largest absolute Gasteiger partial charge is 0.392 e. The first kappa shape index (κ1) is 10.8. The number of aliphatic hydroxyl groups excluding tert-OH is 1. The molecule has 0 aromatic heterocycles. The average molecular weight is 219 g/mol. The normalized spacial score (nSPS) is 15.9. The molecule has 1 aromatic carbocycles. The number of amides is 2.